The standard InChI is InChI=1S/C19H15BrN2O2/c20-16-6-8-17(9-7-16)24-18-5-1-3-14(11-18)12-22-19(23)15-4-2-10-21-13-15/h1-11,13H,12H2,(H,22,23). The van der Waals surface area contributed by atoms with Crippen molar-refractivity contribution < 1.29 is 9.53 Å². The predicted octanol–water partition coefficient (Wildman–Crippen LogP) is 4.57. The Morgan fingerprint density at radius 3 is 2.62 bits per heavy atom. The van der Waals surface area contributed by atoms with Gasteiger partial charge in [0, 0.05) is 23.4 Å². The summed E-state index contributed by atoms with van der Waals surface area (Å²) >= 11 is 3.40. The maximum Gasteiger partial charge on any atom is 0.253 e. The zero-order chi connectivity index (χ0) is 16.8. The number of ether oxygens (including phenoxy) is 1. The molecule has 0 aliphatic rings. The molecule has 1 amide bonds. The highest BCUT2D eigenvalue weighted by molar-refractivity contribution is 9.10. The van der Waals surface area contributed by atoms with Crippen LogP contribution in [0.3, 0.4) is 0 Å². The van der Waals surface area contributed by atoms with Crippen LogP contribution in [0, 0.1) is 0 Å². The summed E-state index contributed by atoms with van der Waals surface area (Å²) in [6.45, 7) is 0.422. The molecular formula is C19H15BrN2O2. The zero-order valence-corrected chi connectivity index (χ0v) is 14.4. The van der Waals surface area contributed by atoms with Crippen molar-refractivity contribution in [1.82, 2.24) is 10.3 Å². The number of nitrogens with one attached hydrogen (secondary N) is 1. The number of pyridine rings is 1. The van der Waals surface area contributed by atoms with Crippen molar-refractivity contribution in [2.75, 3.05) is 0 Å². The number of hydrogen-bond acceptors (Lipinski definition) is 3. The Kier molecular flexibility index (Phi) is 5.23. The van der Waals surface area contributed by atoms with E-state index in [9.17, 15) is 4.79 Å². The van der Waals surface area contributed by atoms with Gasteiger partial charge in [0.2, 0.25) is 0 Å². The lowest BCUT2D eigenvalue weighted by Crippen LogP contribution is -2.22. The molecule has 2 aromatic carbocycles. The Labute approximate surface area is 148 Å². The van der Waals surface area contributed by atoms with Gasteiger partial charge in [-0.2, -0.15) is 0 Å². The van der Waals surface area contributed by atoms with Gasteiger partial charge in [0.1, 0.15) is 11.5 Å². The third-order valence-corrected chi connectivity index (χ3v) is 3.85. The van der Waals surface area contributed by atoms with Gasteiger partial charge in [-0.1, -0.05) is 28.1 Å². The number of rotatable bonds is 5. The Hall–Kier alpha value is -2.66. The first-order chi connectivity index (χ1) is 11.7. The molecule has 0 atom stereocenters. The molecule has 1 heterocycles. The van der Waals surface area contributed by atoms with E-state index in [4.69, 9.17) is 4.74 Å². The van der Waals surface area contributed by atoms with Crippen LogP contribution in [0.1, 0.15) is 15.9 Å². The monoisotopic (exact) mass is 382 g/mol. The van der Waals surface area contributed by atoms with E-state index in [1.54, 1.807) is 24.5 Å². The van der Waals surface area contributed by atoms with E-state index in [-0.39, 0.29) is 5.91 Å². The molecule has 0 aliphatic carbocycles. The van der Waals surface area contributed by atoms with Crippen LogP contribution >= 0.6 is 15.9 Å². The molecule has 0 unspecified atom stereocenters. The summed E-state index contributed by atoms with van der Waals surface area (Å²) in [6, 6.07) is 18.7. The van der Waals surface area contributed by atoms with Crippen LogP contribution in [0.2, 0.25) is 0 Å². The smallest absolute Gasteiger partial charge is 0.253 e. The summed E-state index contributed by atoms with van der Waals surface area (Å²) in [6.07, 6.45) is 3.18. The molecule has 0 aliphatic heterocycles. The number of carbonyl (C=O) groups is 1. The summed E-state index contributed by atoms with van der Waals surface area (Å²) in [5.74, 6) is 1.34. The molecule has 0 fully saturated rings. The largest absolute Gasteiger partial charge is 0.457 e. The minimum atomic E-state index is -0.151. The summed E-state index contributed by atoms with van der Waals surface area (Å²) in [5.41, 5.74) is 1.50. The Balaban J connectivity index is 1.63. The van der Waals surface area contributed by atoms with Gasteiger partial charge in [-0.05, 0) is 54.1 Å². The molecule has 24 heavy (non-hydrogen) atoms. The normalized spacial score (nSPS) is 10.2. The van der Waals surface area contributed by atoms with Crippen molar-refractivity contribution in [1.29, 1.82) is 0 Å². The van der Waals surface area contributed by atoms with E-state index < -0.39 is 0 Å². The quantitative estimate of drug-likeness (QED) is 0.703. The van der Waals surface area contributed by atoms with Gasteiger partial charge in [0.25, 0.3) is 5.91 Å². The van der Waals surface area contributed by atoms with Crippen LogP contribution in [0.5, 0.6) is 11.5 Å². The van der Waals surface area contributed by atoms with Gasteiger partial charge in [-0.25, -0.2) is 0 Å². The third kappa shape index (κ3) is 4.43. The van der Waals surface area contributed by atoms with Gasteiger partial charge in [0.15, 0.2) is 0 Å². The minimum absolute atomic E-state index is 0.151. The molecule has 4 nitrogen and oxygen atoms in total. The molecule has 1 N–H and O–H groups in total. The van der Waals surface area contributed by atoms with E-state index in [2.05, 4.69) is 26.2 Å². The number of aromatic nitrogens is 1. The topological polar surface area (TPSA) is 51.2 Å². The summed E-state index contributed by atoms with van der Waals surface area (Å²) < 4.78 is 6.82. The molecule has 3 aromatic rings. The van der Waals surface area contributed by atoms with E-state index in [1.165, 1.54) is 0 Å². The predicted molar refractivity (Wildman–Crippen MR) is 96.1 cm³/mol. The van der Waals surface area contributed by atoms with E-state index in [0.717, 1.165) is 21.5 Å². The molecule has 0 radical (unpaired) electrons. The number of benzene rings is 2. The van der Waals surface area contributed by atoms with Gasteiger partial charge in [-0.3, -0.25) is 9.78 Å². The fourth-order valence-electron chi connectivity index (χ4n) is 2.14. The van der Waals surface area contributed by atoms with Crippen LogP contribution in [0.15, 0.2) is 77.5 Å². The third-order valence-electron chi connectivity index (χ3n) is 3.32. The van der Waals surface area contributed by atoms with E-state index >= 15 is 0 Å². The molecule has 5 heteroatoms. The highest BCUT2D eigenvalue weighted by atomic mass is 79.9. The van der Waals surface area contributed by atoms with Crippen LogP contribution < -0.4 is 10.1 Å². The van der Waals surface area contributed by atoms with Crippen molar-refractivity contribution in [3.63, 3.8) is 0 Å². The van der Waals surface area contributed by atoms with Crippen LogP contribution in [0.4, 0.5) is 0 Å². The highest BCUT2D eigenvalue weighted by Crippen LogP contribution is 2.23. The van der Waals surface area contributed by atoms with Crippen molar-refractivity contribution in [2.45, 2.75) is 6.54 Å². The van der Waals surface area contributed by atoms with Gasteiger partial charge < -0.3 is 10.1 Å². The minimum Gasteiger partial charge on any atom is -0.457 e. The Morgan fingerprint density at radius 1 is 1.04 bits per heavy atom. The molecular weight excluding hydrogens is 368 g/mol. The summed E-state index contributed by atoms with van der Waals surface area (Å²) in [5, 5.41) is 2.87. The maximum absolute atomic E-state index is 12.0. The summed E-state index contributed by atoms with van der Waals surface area (Å²) in [4.78, 5) is 16.0. The molecule has 0 spiro atoms. The number of nitrogens with zero attached hydrogens (tertiary/aromatic N) is 1. The average Bonchev–Trinajstić information content (AvgIpc) is 2.63. The first kappa shape index (κ1) is 16.2. The van der Waals surface area contributed by atoms with Crippen molar-refractivity contribution in [2.24, 2.45) is 0 Å². The highest BCUT2D eigenvalue weighted by Gasteiger charge is 2.05. The lowest BCUT2D eigenvalue weighted by Gasteiger charge is -2.09. The Bertz CT molecular complexity index is 820. The lowest BCUT2D eigenvalue weighted by atomic mass is 10.2. The van der Waals surface area contributed by atoms with Crippen molar-refractivity contribution in [3.05, 3.63) is 88.7 Å². The second kappa shape index (κ2) is 7.75. The second-order valence-corrected chi connectivity index (χ2v) is 6.04. The van der Waals surface area contributed by atoms with Gasteiger partial charge >= 0.3 is 0 Å². The number of amides is 1. The molecule has 120 valence electrons. The SMILES string of the molecule is O=C(NCc1cccc(Oc2ccc(Br)cc2)c1)c1cccnc1. The number of carbonyl (C=O) groups excluding carboxylic acids is 1. The molecule has 3 rings (SSSR count). The first-order valence-corrected chi connectivity index (χ1v) is 8.20. The fourth-order valence-corrected chi connectivity index (χ4v) is 2.40. The lowest BCUT2D eigenvalue weighted by molar-refractivity contribution is 0.0950. The average molecular weight is 383 g/mol. The number of halogens is 1. The van der Waals surface area contributed by atoms with E-state index in [1.807, 2.05) is 48.5 Å². The maximum atomic E-state index is 12.0. The van der Waals surface area contributed by atoms with Crippen LogP contribution in [0.25, 0.3) is 0 Å². The van der Waals surface area contributed by atoms with Crippen molar-refractivity contribution in [3.8, 4) is 11.5 Å². The zero-order valence-electron chi connectivity index (χ0n) is 12.8. The van der Waals surface area contributed by atoms with Crippen molar-refractivity contribution >= 4 is 21.8 Å². The molecule has 1 aromatic heterocycles. The molecule has 0 bridgehead atoms. The van der Waals surface area contributed by atoms with Gasteiger partial charge in [0.05, 0.1) is 5.56 Å². The van der Waals surface area contributed by atoms with Crippen LogP contribution in [-0.2, 0) is 6.54 Å². The first-order valence-electron chi connectivity index (χ1n) is 7.41. The molecule has 0 saturated heterocycles. The molecule has 0 saturated carbocycles. The van der Waals surface area contributed by atoms with E-state index in [0.29, 0.717) is 12.1 Å². The Morgan fingerprint density at radius 2 is 1.88 bits per heavy atom. The fraction of sp³-hybridized carbons (Fsp3) is 0.0526. The van der Waals surface area contributed by atoms with Crippen LogP contribution in [-0.4, -0.2) is 10.9 Å². The van der Waals surface area contributed by atoms with Gasteiger partial charge in [-0.15, -0.1) is 0 Å². The number of hydrogen-bond donors (Lipinski definition) is 1. The second-order valence-electron chi connectivity index (χ2n) is 5.13. The summed E-state index contributed by atoms with van der Waals surface area (Å²) in [7, 11) is 0.